The molecule has 0 saturated carbocycles. The van der Waals surface area contributed by atoms with Gasteiger partial charge in [-0.3, -0.25) is 4.79 Å². The lowest BCUT2D eigenvalue weighted by Crippen LogP contribution is -2.40. The van der Waals surface area contributed by atoms with Crippen LogP contribution in [0.25, 0.3) is 11.1 Å². The van der Waals surface area contributed by atoms with Crippen molar-refractivity contribution in [2.75, 3.05) is 4.90 Å². The van der Waals surface area contributed by atoms with Crippen LogP contribution in [0, 0.1) is 0 Å². The molecule has 5 nitrogen and oxygen atoms in total. The van der Waals surface area contributed by atoms with Gasteiger partial charge in [-0.15, -0.1) is 0 Å². The molecule has 5 aromatic rings. The molecule has 5 aromatic carbocycles. The molecule has 0 aromatic heterocycles. The van der Waals surface area contributed by atoms with Crippen LogP contribution >= 0.6 is 0 Å². The van der Waals surface area contributed by atoms with Crippen LogP contribution < -0.4 is 9.64 Å². The molecule has 1 heterocycles. The summed E-state index contributed by atoms with van der Waals surface area (Å²) < 4.78 is 5.82. The summed E-state index contributed by atoms with van der Waals surface area (Å²) in [5.74, 6) is -0.276. The summed E-state index contributed by atoms with van der Waals surface area (Å²) in [5.41, 5.74) is 3.26. The van der Waals surface area contributed by atoms with E-state index in [9.17, 15) is 15.0 Å². The van der Waals surface area contributed by atoms with E-state index in [-0.39, 0.29) is 17.9 Å². The first kappa shape index (κ1) is 24.5. The standard InChI is InChI=1S/C34H27NO4/c36-32-21-28(39-23-25-9-3-1-4-10-25)19-20-30(32)34(38)29-13-7-8-14-31(29)35(33(34)37)22-24-15-17-27(18-16-24)26-11-5-2-6-12-26/h1-21,36,38H,22-23H2. The maximum absolute atomic E-state index is 13.9. The lowest BCUT2D eigenvalue weighted by atomic mass is 9.87. The third-order valence-electron chi connectivity index (χ3n) is 7.15. The maximum Gasteiger partial charge on any atom is 0.268 e. The highest BCUT2D eigenvalue weighted by Gasteiger charge is 2.52. The molecule has 192 valence electrons. The molecule has 1 amide bonds. The molecule has 39 heavy (non-hydrogen) atoms. The molecular weight excluding hydrogens is 486 g/mol. The Morgan fingerprint density at radius 3 is 2.03 bits per heavy atom. The van der Waals surface area contributed by atoms with E-state index in [1.165, 1.54) is 6.07 Å². The van der Waals surface area contributed by atoms with E-state index in [1.54, 1.807) is 29.2 Å². The average Bonchev–Trinajstić information content (AvgIpc) is 3.20. The topological polar surface area (TPSA) is 70.0 Å². The Bertz CT molecular complexity index is 1620. The Kier molecular flexibility index (Phi) is 6.35. The van der Waals surface area contributed by atoms with Gasteiger partial charge in [0.15, 0.2) is 5.60 Å². The zero-order valence-electron chi connectivity index (χ0n) is 21.2. The lowest BCUT2D eigenvalue weighted by Gasteiger charge is -2.25. The smallest absolute Gasteiger partial charge is 0.268 e. The van der Waals surface area contributed by atoms with Crippen LogP contribution in [0.15, 0.2) is 127 Å². The van der Waals surface area contributed by atoms with E-state index in [4.69, 9.17) is 4.74 Å². The zero-order valence-corrected chi connectivity index (χ0v) is 21.2. The predicted molar refractivity (Wildman–Crippen MR) is 151 cm³/mol. The molecule has 1 aliphatic rings. The van der Waals surface area contributed by atoms with Crippen molar-refractivity contribution >= 4 is 11.6 Å². The highest BCUT2D eigenvalue weighted by molar-refractivity contribution is 6.09. The predicted octanol–water partition coefficient (Wildman–Crippen LogP) is 6.42. The maximum atomic E-state index is 13.9. The Hall–Kier alpha value is -4.87. The van der Waals surface area contributed by atoms with Gasteiger partial charge in [0.05, 0.1) is 12.2 Å². The van der Waals surface area contributed by atoms with Crippen molar-refractivity contribution in [3.05, 3.63) is 150 Å². The molecule has 0 aliphatic carbocycles. The third kappa shape index (κ3) is 4.54. The van der Waals surface area contributed by atoms with Gasteiger partial charge in [-0.2, -0.15) is 0 Å². The number of benzene rings is 5. The minimum Gasteiger partial charge on any atom is -0.507 e. The number of aliphatic hydroxyl groups is 1. The number of hydrogen-bond acceptors (Lipinski definition) is 4. The minimum atomic E-state index is -2.03. The molecule has 5 heteroatoms. The first-order valence-corrected chi connectivity index (χ1v) is 12.8. The number of anilines is 1. The number of phenols is 1. The minimum absolute atomic E-state index is 0.119. The van der Waals surface area contributed by atoms with E-state index in [0.29, 0.717) is 23.6 Å². The summed E-state index contributed by atoms with van der Waals surface area (Å²) in [5, 5.41) is 22.9. The number of phenolic OH excluding ortho intramolecular Hbond substituents is 1. The van der Waals surface area contributed by atoms with Gasteiger partial charge in [-0.25, -0.2) is 0 Å². The molecule has 1 aliphatic heterocycles. The molecule has 0 bridgehead atoms. The summed E-state index contributed by atoms with van der Waals surface area (Å²) in [6.45, 7) is 0.620. The molecule has 2 N–H and O–H groups in total. The number of rotatable bonds is 7. The SMILES string of the molecule is O=C1N(Cc2ccc(-c3ccccc3)cc2)c2ccccc2C1(O)c1ccc(OCc2ccccc2)cc1O. The van der Waals surface area contributed by atoms with E-state index in [0.717, 1.165) is 22.3 Å². The van der Waals surface area contributed by atoms with Gasteiger partial charge >= 0.3 is 0 Å². The summed E-state index contributed by atoms with van der Waals surface area (Å²) in [6, 6.07) is 39.7. The number of nitrogens with zero attached hydrogens (tertiary/aromatic N) is 1. The quantitative estimate of drug-likeness (QED) is 0.263. The van der Waals surface area contributed by atoms with Gasteiger partial charge in [0, 0.05) is 17.2 Å². The van der Waals surface area contributed by atoms with Crippen LogP contribution in [0.1, 0.15) is 22.3 Å². The number of carbonyl (C=O) groups excluding carboxylic acids is 1. The fourth-order valence-electron chi connectivity index (χ4n) is 5.12. The fraction of sp³-hybridized carbons (Fsp3) is 0.0882. The zero-order chi connectivity index (χ0) is 26.8. The number of fused-ring (bicyclic) bond motifs is 1. The van der Waals surface area contributed by atoms with Gasteiger partial charge in [-0.05, 0) is 40.5 Å². The van der Waals surface area contributed by atoms with Crippen LogP contribution in [-0.4, -0.2) is 16.1 Å². The average molecular weight is 514 g/mol. The Morgan fingerprint density at radius 2 is 1.31 bits per heavy atom. The Labute approximate surface area is 227 Å². The second-order valence-electron chi connectivity index (χ2n) is 9.64. The van der Waals surface area contributed by atoms with Crippen LogP contribution in [0.5, 0.6) is 11.5 Å². The molecule has 1 unspecified atom stereocenters. The monoisotopic (exact) mass is 513 g/mol. The number of para-hydroxylation sites is 1. The van der Waals surface area contributed by atoms with E-state index in [2.05, 4.69) is 12.1 Å². The summed E-state index contributed by atoms with van der Waals surface area (Å²) in [4.78, 5) is 15.4. The van der Waals surface area contributed by atoms with Gasteiger partial charge in [0.1, 0.15) is 18.1 Å². The van der Waals surface area contributed by atoms with Gasteiger partial charge in [-0.1, -0.05) is 103 Å². The van der Waals surface area contributed by atoms with Crippen LogP contribution in [0.2, 0.25) is 0 Å². The van der Waals surface area contributed by atoms with Crippen LogP contribution in [-0.2, 0) is 23.5 Å². The van der Waals surface area contributed by atoms with Crippen molar-refractivity contribution in [2.45, 2.75) is 18.8 Å². The highest BCUT2D eigenvalue weighted by Crippen LogP contribution is 2.48. The van der Waals surface area contributed by atoms with Crippen molar-refractivity contribution in [3.8, 4) is 22.6 Å². The van der Waals surface area contributed by atoms with Crippen LogP contribution in [0.3, 0.4) is 0 Å². The molecular formula is C34H27NO4. The Balaban J connectivity index is 1.27. The second-order valence-corrected chi connectivity index (χ2v) is 9.64. The highest BCUT2D eigenvalue weighted by atomic mass is 16.5. The number of aromatic hydroxyl groups is 1. The molecule has 0 radical (unpaired) electrons. The van der Waals surface area contributed by atoms with E-state index in [1.807, 2.05) is 84.9 Å². The number of amides is 1. The first-order chi connectivity index (χ1) is 19.0. The number of ether oxygens (including phenoxy) is 1. The number of carbonyl (C=O) groups is 1. The molecule has 0 saturated heterocycles. The summed E-state index contributed by atoms with van der Waals surface area (Å²) in [7, 11) is 0. The normalized spacial score (nSPS) is 16.2. The molecule has 1 atom stereocenters. The molecule has 0 spiro atoms. The lowest BCUT2D eigenvalue weighted by molar-refractivity contribution is -0.132. The van der Waals surface area contributed by atoms with Crippen molar-refractivity contribution in [2.24, 2.45) is 0 Å². The summed E-state index contributed by atoms with van der Waals surface area (Å²) >= 11 is 0. The number of hydrogen-bond donors (Lipinski definition) is 2. The van der Waals surface area contributed by atoms with Crippen molar-refractivity contribution in [1.82, 2.24) is 0 Å². The van der Waals surface area contributed by atoms with Gasteiger partial charge in [0.25, 0.3) is 5.91 Å². The second kappa shape index (κ2) is 10.1. The van der Waals surface area contributed by atoms with Crippen molar-refractivity contribution in [1.29, 1.82) is 0 Å². The molecule has 6 rings (SSSR count). The van der Waals surface area contributed by atoms with Crippen LogP contribution in [0.4, 0.5) is 5.69 Å². The fourth-order valence-corrected chi connectivity index (χ4v) is 5.12. The largest absolute Gasteiger partial charge is 0.507 e. The van der Waals surface area contributed by atoms with E-state index < -0.39 is 11.5 Å². The summed E-state index contributed by atoms with van der Waals surface area (Å²) in [6.07, 6.45) is 0. The van der Waals surface area contributed by atoms with Gasteiger partial charge < -0.3 is 19.8 Å². The van der Waals surface area contributed by atoms with Crippen molar-refractivity contribution < 1.29 is 19.7 Å². The molecule has 0 fully saturated rings. The van der Waals surface area contributed by atoms with Gasteiger partial charge in [0.2, 0.25) is 0 Å². The van der Waals surface area contributed by atoms with Crippen molar-refractivity contribution in [3.63, 3.8) is 0 Å². The first-order valence-electron chi connectivity index (χ1n) is 12.8. The Morgan fingerprint density at radius 1 is 0.667 bits per heavy atom. The third-order valence-corrected chi connectivity index (χ3v) is 7.15. The van der Waals surface area contributed by atoms with E-state index >= 15 is 0 Å².